The summed E-state index contributed by atoms with van der Waals surface area (Å²) in [7, 11) is -3.44. The fourth-order valence-corrected chi connectivity index (χ4v) is 3.60. The number of rotatable bonds is 7. The molecule has 0 aromatic carbocycles. The molecule has 1 N–H and O–H groups in total. The zero-order valence-electron chi connectivity index (χ0n) is 9.89. The molecule has 0 bridgehead atoms. The third kappa shape index (κ3) is 2.00. The lowest BCUT2D eigenvalue weighted by Crippen LogP contribution is -2.27. The molecule has 0 aromatic heterocycles. The van der Waals surface area contributed by atoms with Crippen molar-refractivity contribution in [2.24, 2.45) is 4.99 Å². The Labute approximate surface area is 95.7 Å². The molecular formula is C10H18NO4P. The summed E-state index contributed by atoms with van der Waals surface area (Å²) in [4.78, 5) is 4.07. The number of hydrogen-bond acceptors (Lipinski definition) is 5. The summed E-state index contributed by atoms with van der Waals surface area (Å²) in [6, 6.07) is 0. The highest BCUT2D eigenvalue weighted by molar-refractivity contribution is 7.57. The Balaban J connectivity index is 2.95. The van der Waals surface area contributed by atoms with Crippen molar-refractivity contribution in [1.29, 1.82) is 0 Å². The average Bonchev–Trinajstić information content (AvgIpc) is 2.94. The van der Waals surface area contributed by atoms with E-state index < -0.39 is 12.9 Å². The van der Waals surface area contributed by atoms with E-state index in [0.717, 1.165) is 0 Å². The van der Waals surface area contributed by atoms with Crippen LogP contribution < -0.4 is 0 Å². The van der Waals surface area contributed by atoms with Crippen LogP contribution in [0.15, 0.2) is 17.1 Å². The van der Waals surface area contributed by atoms with Gasteiger partial charge in [0.1, 0.15) is 0 Å². The highest BCUT2D eigenvalue weighted by Gasteiger charge is 2.63. The molecule has 1 aliphatic heterocycles. The van der Waals surface area contributed by atoms with Gasteiger partial charge < -0.3 is 14.2 Å². The van der Waals surface area contributed by atoms with E-state index in [1.165, 1.54) is 0 Å². The maximum Gasteiger partial charge on any atom is 0.366 e. The lowest BCUT2D eigenvalue weighted by atomic mass is 10.2. The minimum absolute atomic E-state index is 0.248. The summed E-state index contributed by atoms with van der Waals surface area (Å²) in [6.45, 7) is 9.03. The van der Waals surface area contributed by atoms with Gasteiger partial charge in [0.15, 0.2) is 0 Å². The molecule has 0 aromatic rings. The van der Waals surface area contributed by atoms with Crippen LogP contribution in [-0.4, -0.2) is 35.9 Å². The first kappa shape index (κ1) is 13.6. The molecular weight excluding hydrogens is 229 g/mol. The van der Waals surface area contributed by atoms with Gasteiger partial charge in [-0.1, -0.05) is 6.58 Å². The van der Waals surface area contributed by atoms with Crippen LogP contribution in [0.3, 0.4) is 0 Å². The van der Waals surface area contributed by atoms with Crippen LogP contribution in [0.5, 0.6) is 0 Å². The van der Waals surface area contributed by atoms with Crippen molar-refractivity contribution in [3.05, 3.63) is 12.2 Å². The van der Waals surface area contributed by atoms with Gasteiger partial charge in [0, 0.05) is 0 Å². The van der Waals surface area contributed by atoms with E-state index in [2.05, 4.69) is 11.6 Å². The van der Waals surface area contributed by atoms with Gasteiger partial charge in [-0.25, -0.2) is 0 Å². The molecule has 1 aliphatic rings. The number of hydrogen-bond donors (Lipinski definition) is 1. The van der Waals surface area contributed by atoms with Gasteiger partial charge in [0.05, 0.1) is 25.5 Å². The van der Waals surface area contributed by atoms with Crippen LogP contribution in [-0.2, 0) is 13.6 Å². The van der Waals surface area contributed by atoms with Gasteiger partial charge >= 0.3 is 7.60 Å². The zero-order valence-corrected chi connectivity index (χ0v) is 10.8. The number of nitrogens with zero attached hydrogens (tertiary/aromatic N) is 1. The van der Waals surface area contributed by atoms with Crippen LogP contribution in [0, 0.1) is 0 Å². The maximum atomic E-state index is 12.5. The Morgan fingerprint density at radius 1 is 1.50 bits per heavy atom. The van der Waals surface area contributed by atoms with E-state index in [1.807, 2.05) is 0 Å². The summed E-state index contributed by atoms with van der Waals surface area (Å²) in [5.41, 5.74) is 1.20. The van der Waals surface area contributed by atoms with Crippen LogP contribution in [0.4, 0.5) is 0 Å². The molecule has 1 rings (SSSR count). The van der Waals surface area contributed by atoms with E-state index in [4.69, 9.17) is 9.05 Å². The molecule has 1 atom stereocenters. The molecule has 1 heterocycles. The van der Waals surface area contributed by atoms with Gasteiger partial charge in [-0.15, -0.1) is 0 Å². The quantitative estimate of drug-likeness (QED) is 0.698. The van der Waals surface area contributed by atoms with Crippen molar-refractivity contribution in [3.63, 3.8) is 0 Å². The van der Waals surface area contributed by atoms with E-state index in [1.54, 1.807) is 20.8 Å². The Morgan fingerprint density at radius 2 is 2.00 bits per heavy atom. The number of aliphatic imine (C=N–C) groups is 1. The lowest BCUT2D eigenvalue weighted by molar-refractivity contribution is 0.191. The molecule has 0 spiro atoms. The highest BCUT2D eigenvalue weighted by atomic mass is 31.2. The normalized spacial score (nSPS) is 24.1. The van der Waals surface area contributed by atoms with E-state index in [0.29, 0.717) is 11.3 Å². The minimum atomic E-state index is -3.44. The monoisotopic (exact) mass is 247 g/mol. The standard InChI is InChI=1S/C10H18NO4P/c1-5-14-16(13,15-6-2)10(7-12)9(11-10)8(3)4/h12H,3,5-7H2,1-2,4H3. The van der Waals surface area contributed by atoms with Gasteiger partial charge in [-0.05, 0) is 26.3 Å². The Kier molecular flexibility index (Phi) is 4.07. The van der Waals surface area contributed by atoms with Crippen molar-refractivity contribution < 1.29 is 18.7 Å². The van der Waals surface area contributed by atoms with Gasteiger partial charge in [0.2, 0.25) is 5.28 Å². The largest absolute Gasteiger partial charge is 0.393 e. The second-order valence-electron chi connectivity index (χ2n) is 3.55. The molecule has 0 aliphatic carbocycles. The molecule has 0 fully saturated rings. The van der Waals surface area contributed by atoms with Crippen LogP contribution >= 0.6 is 7.60 Å². The first-order valence-corrected chi connectivity index (χ1v) is 6.78. The van der Waals surface area contributed by atoms with Gasteiger partial charge in [-0.2, -0.15) is 0 Å². The predicted octanol–water partition coefficient (Wildman–Crippen LogP) is 1.97. The van der Waals surface area contributed by atoms with Crippen LogP contribution in [0.25, 0.3) is 0 Å². The second kappa shape index (κ2) is 4.80. The molecule has 0 amide bonds. The van der Waals surface area contributed by atoms with E-state index >= 15 is 0 Å². The Hall–Kier alpha value is -0.480. The van der Waals surface area contributed by atoms with E-state index in [-0.39, 0.29) is 19.8 Å². The third-order valence-corrected chi connectivity index (χ3v) is 4.86. The number of aliphatic hydroxyl groups is 1. The van der Waals surface area contributed by atoms with Crippen molar-refractivity contribution >= 4 is 13.3 Å². The molecule has 0 saturated carbocycles. The fourth-order valence-electron chi connectivity index (χ4n) is 1.57. The zero-order chi connectivity index (χ0) is 12.4. The molecule has 1 unspecified atom stereocenters. The average molecular weight is 247 g/mol. The molecule has 0 radical (unpaired) electrons. The van der Waals surface area contributed by atoms with Crippen molar-refractivity contribution in [1.82, 2.24) is 0 Å². The molecule has 16 heavy (non-hydrogen) atoms. The topological polar surface area (TPSA) is 68.1 Å². The smallest absolute Gasteiger partial charge is 0.366 e. The first-order valence-electron chi connectivity index (χ1n) is 5.23. The SMILES string of the molecule is C=C(C)C1=NC1(CO)P(=O)(OCC)OCC. The minimum Gasteiger partial charge on any atom is -0.393 e. The molecule has 92 valence electrons. The third-order valence-electron chi connectivity index (χ3n) is 2.30. The van der Waals surface area contributed by atoms with Crippen molar-refractivity contribution in [2.75, 3.05) is 19.8 Å². The second-order valence-corrected chi connectivity index (χ2v) is 5.80. The molecule has 6 heteroatoms. The lowest BCUT2D eigenvalue weighted by Gasteiger charge is -2.24. The van der Waals surface area contributed by atoms with Crippen LogP contribution in [0.1, 0.15) is 20.8 Å². The summed E-state index contributed by atoms with van der Waals surface area (Å²) >= 11 is 0. The van der Waals surface area contributed by atoms with Gasteiger partial charge in [-0.3, -0.25) is 9.56 Å². The van der Waals surface area contributed by atoms with Crippen molar-refractivity contribution in [2.45, 2.75) is 26.1 Å². The summed E-state index contributed by atoms with van der Waals surface area (Å²) < 4.78 is 22.9. The predicted molar refractivity (Wildman–Crippen MR) is 62.9 cm³/mol. The summed E-state index contributed by atoms with van der Waals surface area (Å²) in [5, 5.41) is 8.17. The summed E-state index contributed by atoms with van der Waals surface area (Å²) in [5.74, 6) is 0. The first-order chi connectivity index (χ1) is 7.47. The summed E-state index contributed by atoms with van der Waals surface area (Å²) in [6.07, 6.45) is 0. The Morgan fingerprint density at radius 3 is 2.25 bits per heavy atom. The van der Waals surface area contributed by atoms with Crippen LogP contribution in [0.2, 0.25) is 0 Å². The molecule has 0 saturated heterocycles. The molecule has 5 nitrogen and oxygen atoms in total. The van der Waals surface area contributed by atoms with Crippen molar-refractivity contribution in [3.8, 4) is 0 Å². The number of aliphatic hydroxyl groups excluding tert-OH is 1. The van der Waals surface area contributed by atoms with Gasteiger partial charge in [0.25, 0.3) is 0 Å². The maximum absolute atomic E-state index is 12.5. The Bertz CT molecular complexity index is 356. The fraction of sp³-hybridized carbons (Fsp3) is 0.700. The highest BCUT2D eigenvalue weighted by Crippen LogP contribution is 2.67. The van der Waals surface area contributed by atoms with E-state index in [9.17, 15) is 9.67 Å².